The van der Waals surface area contributed by atoms with Crippen molar-refractivity contribution in [1.82, 2.24) is 10.9 Å². The van der Waals surface area contributed by atoms with Crippen LogP contribution in [0.2, 0.25) is 0 Å². The number of nitrogens with one attached hydrogen (secondary N) is 2. The highest BCUT2D eigenvalue weighted by atomic mass is 16.5. The summed E-state index contributed by atoms with van der Waals surface area (Å²) in [7, 11) is 0. The van der Waals surface area contributed by atoms with Gasteiger partial charge in [0.25, 0.3) is 11.8 Å². The van der Waals surface area contributed by atoms with Crippen LogP contribution in [0.25, 0.3) is 11.1 Å². The topological polar surface area (TPSA) is 76.7 Å². The zero-order valence-electron chi connectivity index (χ0n) is 16.1. The van der Waals surface area contributed by atoms with Crippen molar-refractivity contribution >= 4 is 11.8 Å². The maximum absolute atomic E-state index is 11.8. The molecule has 0 atom stereocenters. The lowest BCUT2D eigenvalue weighted by molar-refractivity contribution is -0.131. The average molecular weight is 390 g/mol. The second kappa shape index (κ2) is 9.94. The highest BCUT2D eigenvalue weighted by Gasteiger charge is 2.07. The molecule has 0 aromatic heterocycles. The van der Waals surface area contributed by atoms with E-state index >= 15 is 0 Å². The van der Waals surface area contributed by atoms with Crippen molar-refractivity contribution in [3.8, 4) is 22.6 Å². The summed E-state index contributed by atoms with van der Waals surface area (Å²) >= 11 is 0. The summed E-state index contributed by atoms with van der Waals surface area (Å²) < 4.78 is 10.8. The van der Waals surface area contributed by atoms with E-state index in [9.17, 15) is 9.59 Å². The fourth-order valence-electron chi connectivity index (χ4n) is 2.52. The molecule has 0 spiro atoms. The number of aryl methyl sites for hydroxylation is 1. The molecule has 0 saturated heterocycles. The van der Waals surface area contributed by atoms with Crippen molar-refractivity contribution in [2.24, 2.45) is 0 Å². The highest BCUT2D eigenvalue weighted by molar-refractivity contribution is 5.83. The first-order chi connectivity index (χ1) is 14.1. The summed E-state index contributed by atoms with van der Waals surface area (Å²) in [5.74, 6) is 0.209. The molecular formula is C23H22N2O4. The fraction of sp³-hybridized carbons (Fsp3) is 0.130. The number of hydrogen-bond donors (Lipinski definition) is 2. The molecule has 0 aliphatic carbocycles. The van der Waals surface area contributed by atoms with Gasteiger partial charge in [-0.3, -0.25) is 20.4 Å². The van der Waals surface area contributed by atoms with Gasteiger partial charge >= 0.3 is 0 Å². The monoisotopic (exact) mass is 390 g/mol. The standard InChI is InChI=1S/C23H22N2O4/c1-17-7-11-20(12-8-17)28-15-22(26)24-25-23(27)16-29-21-13-9-19(10-14-21)18-5-3-2-4-6-18/h2-14H,15-16H2,1H3,(H,24,26)(H,25,27). The highest BCUT2D eigenvalue weighted by Crippen LogP contribution is 2.21. The molecule has 0 bridgehead atoms. The molecular weight excluding hydrogens is 368 g/mol. The number of hydrogen-bond acceptors (Lipinski definition) is 4. The number of carbonyl (C=O) groups excluding carboxylic acids is 2. The van der Waals surface area contributed by atoms with Gasteiger partial charge in [0.05, 0.1) is 0 Å². The normalized spacial score (nSPS) is 10.1. The largest absolute Gasteiger partial charge is 0.484 e. The van der Waals surface area contributed by atoms with E-state index in [0.29, 0.717) is 11.5 Å². The van der Waals surface area contributed by atoms with Gasteiger partial charge in [-0.15, -0.1) is 0 Å². The van der Waals surface area contributed by atoms with Gasteiger partial charge < -0.3 is 9.47 Å². The average Bonchev–Trinajstić information content (AvgIpc) is 2.77. The minimum Gasteiger partial charge on any atom is -0.484 e. The van der Waals surface area contributed by atoms with Crippen LogP contribution < -0.4 is 20.3 Å². The summed E-state index contributed by atoms with van der Waals surface area (Å²) in [6, 6.07) is 24.7. The van der Waals surface area contributed by atoms with E-state index in [4.69, 9.17) is 9.47 Å². The smallest absolute Gasteiger partial charge is 0.276 e. The first-order valence-corrected chi connectivity index (χ1v) is 9.15. The van der Waals surface area contributed by atoms with E-state index < -0.39 is 11.8 Å². The summed E-state index contributed by atoms with van der Waals surface area (Å²) in [5.41, 5.74) is 7.84. The van der Waals surface area contributed by atoms with Crippen molar-refractivity contribution in [2.75, 3.05) is 13.2 Å². The predicted molar refractivity (Wildman–Crippen MR) is 110 cm³/mol. The minimum atomic E-state index is -0.471. The summed E-state index contributed by atoms with van der Waals surface area (Å²) in [5, 5.41) is 0. The predicted octanol–water partition coefficient (Wildman–Crippen LogP) is 3.27. The molecule has 0 aliphatic rings. The number of carbonyl (C=O) groups is 2. The Hall–Kier alpha value is -3.80. The van der Waals surface area contributed by atoms with Crippen LogP contribution in [-0.2, 0) is 9.59 Å². The van der Waals surface area contributed by atoms with Crippen LogP contribution in [0.4, 0.5) is 0 Å². The van der Waals surface area contributed by atoms with Crippen molar-refractivity contribution in [1.29, 1.82) is 0 Å². The molecule has 2 amide bonds. The van der Waals surface area contributed by atoms with Crippen LogP contribution >= 0.6 is 0 Å². The maximum atomic E-state index is 11.8. The lowest BCUT2D eigenvalue weighted by atomic mass is 10.1. The number of benzene rings is 3. The molecule has 6 heteroatoms. The van der Waals surface area contributed by atoms with E-state index in [1.807, 2.05) is 61.5 Å². The summed E-state index contributed by atoms with van der Waals surface area (Å²) in [6.45, 7) is 1.54. The molecule has 0 saturated carbocycles. The van der Waals surface area contributed by atoms with Crippen LogP contribution in [0.15, 0.2) is 78.9 Å². The Balaban J connectivity index is 1.37. The van der Waals surface area contributed by atoms with Gasteiger partial charge in [0.1, 0.15) is 11.5 Å². The van der Waals surface area contributed by atoms with Crippen molar-refractivity contribution in [3.05, 3.63) is 84.4 Å². The fourth-order valence-corrected chi connectivity index (χ4v) is 2.52. The summed E-state index contributed by atoms with van der Waals surface area (Å²) in [6.07, 6.45) is 0. The van der Waals surface area contributed by atoms with Crippen LogP contribution in [0.5, 0.6) is 11.5 Å². The van der Waals surface area contributed by atoms with Crippen molar-refractivity contribution in [2.45, 2.75) is 6.92 Å². The van der Waals surface area contributed by atoms with Crippen molar-refractivity contribution < 1.29 is 19.1 Å². The van der Waals surface area contributed by atoms with Crippen LogP contribution in [0.1, 0.15) is 5.56 Å². The number of hydrazine groups is 1. The number of ether oxygens (including phenoxy) is 2. The molecule has 29 heavy (non-hydrogen) atoms. The molecule has 0 aliphatic heterocycles. The zero-order chi connectivity index (χ0) is 20.5. The summed E-state index contributed by atoms with van der Waals surface area (Å²) in [4.78, 5) is 23.6. The molecule has 0 radical (unpaired) electrons. The van der Waals surface area contributed by atoms with Crippen molar-refractivity contribution in [3.63, 3.8) is 0 Å². The first kappa shape index (κ1) is 19.9. The van der Waals surface area contributed by atoms with E-state index in [1.165, 1.54) is 0 Å². The molecule has 0 unspecified atom stereocenters. The maximum Gasteiger partial charge on any atom is 0.276 e. The Kier molecular flexibility index (Phi) is 6.84. The van der Waals surface area contributed by atoms with Gasteiger partial charge in [-0.05, 0) is 42.3 Å². The second-order valence-corrected chi connectivity index (χ2v) is 6.38. The third-order valence-corrected chi connectivity index (χ3v) is 4.06. The van der Waals surface area contributed by atoms with Gasteiger partial charge in [0.2, 0.25) is 0 Å². The minimum absolute atomic E-state index is 0.203. The van der Waals surface area contributed by atoms with E-state index in [0.717, 1.165) is 16.7 Å². The molecule has 0 fully saturated rings. The lowest BCUT2D eigenvalue weighted by Gasteiger charge is -2.10. The second-order valence-electron chi connectivity index (χ2n) is 6.38. The molecule has 2 N–H and O–H groups in total. The van der Waals surface area contributed by atoms with Gasteiger partial charge in [0.15, 0.2) is 13.2 Å². The van der Waals surface area contributed by atoms with Gasteiger partial charge in [-0.25, -0.2) is 0 Å². The van der Waals surface area contributed by atoms with Gasteiger partial charge in [0, 0.05) is 0 Å². The van der Waals surface area contributed by atoms with Crippen LogP contribution in [0, 0.1) is 6.92 Å². The first-order valence-electron chi connectivity index (χ1n) is 9.15. The number of rotatable bonds is 7. The van der Waals surface area contributed by atoms with E-state index in [1.54, 1.807) is 24.3 Å². The van der Waals surface area contributed by atoms with Crippen LogP contribution in [0.3, 0.4) is 0 Å². The third kappa shape index (κ3) is 6.39. The Labute approximate surface area is 169 Å². The molecule has 3 aromatic rings. The van der Waals surface area contributed by atoms with Gasteiger partial charge in [-0.2, -0.15) is 0 Å². The Bertz CT molecular complexity index is 939. The van der Waals surface area contributed by atoms with E-state index in [-0.39, 0.29) is 13.2 Å². The van der Waals surface area contributed by atoms with Crippen LogP contribution in [-0.4, -0.2) is 25.0 Å². The molecule has 0 heterocycles. The third-order valence-electron chi connectivity index (χ3n) is 4.06. The Morgan fingerprint density at radius 1 is 0.655 bits per heavy atom. The zero-order valence-corrected chi connectivity index (χ0v) is 16.1. The molecule has 3 aromatic carbocycles. The quantitative estimate of drug-likeness (QED) is 0.607. The lowest BCUT2D eigenvalue weighted by Crippen LogP contribution is -2.45. The van der Waals surface area contributed by atoms with Gasteiger partial charge in [-0.1, -0.05) is 60.2 Å². The van der Waals surface area contributed by atoms with E-state index in [2.05, 4.69) is 10.9 Å². The SMILES string of the molecule is Cc1ccc(OCC(=O)NNC(=O)COc2ccc(-c3ccccc3)cc2)cc1. The number of amides is 2. The molecule has 6 nitrogen and oxygen atoms in total. The molecule has 148 valence electrons. The molecule has 3 rings (SSSR count). The Morgan fingerprint density at radius 2 is 1.10 bits per heavy atom. The Morgan fingerprint density at radius 3 is 1.62 bits per heavy atom.